The molecule has 96 valence electrons. The number of hydrogen-bond donors (Lipinski definition) is 0. The van der Waals surface area contributed by atoms with E-state index in [1.165, 1.54) is 0 Å². The first-order valence-electron chi connectivity index (χ1n) is 6.26. The van der Waals surface area contributed by atoms with E-state index in [0.29, 0.717) is 5.56 Å². The zero-order valence-corrected chi connectivity index (χ0v) is 11.0. The molecular weight excluding hydrogens is 248 g/mol. The summed E-state index contributed by atoms with van der Waals surface area (Å²) in [4.78, 5) is 4.37. The molecule has 0 saturated heterocycles. The molecule has 1 heterocycles. The lowest BCUT2D eigenvalue weighted by Gasteiger charge is -2.12. The van der Waals surface area contributed by atoms with E-state index in [-0.39, 0.29) is 0 Å². The van der Waals surface area contributed by atoms with E-state index in [9.17, 15) is 0 Å². The molecule has 3 nitrogen and oxygen atoms in total. The monoisotopic (exact) mass is 260 g/mol. The van der Waals surface area contributed by atoms with Gasteiger partial charge in [-0.05, 0) is 35.9 Å². The fourth-order valence-electron chi connectivity index (χ4n) is 2.31. The van der Waals surface area contributed by atoms with Crippen LogP contribution in [0.25, 0.3) is 22.0 Å². The van der Waals surface area contributed by atoms with Gasteiger partial charge in [-0.3, -0.25) is 4.98 Å². The molecule has 0 fully saturated rings. The number of nitriles is 1. The second-order valence-corrected chi connectivity index (χ2v) is 4.40. The van der Waals surface area contributed by atoms with Crippen LogP contribution in [0.4, 0.5) is 0 Å². The zero-order valence-electron chi connectivity index (χ0n) is 11.0. The third-order valence-corrected chi connectivity index (χ3v) is 3.27. The number of hydrogen-bond acceptors (Lipinski definition) is 3. The van der Waals surface area contributed by atoms with Crippen LogP contribution in [0.3, 0.4) is 0 Å². The normalized spacial score (nSPS) is 10.2. The van der Waals surface area contributed by atoms with Crippen molar-refractivity contribution in [1.29, 1.82) is 5.26 Å². The number of ether oxygens (including phenoxy) is 1. The highest BCUT2D eigenvalue weighted by Gasteiger charge is 2.11. The fourth-order valence-corrected chi connectivity index (χ4v) is 2.31. The Morgan fingerprint density at radius 2 is 1.85 bits per heavy atom. The lowest BCUT2D eigenvalue weighted by Crippen LogP contribution is -1.91. The van der Waals surface area contributed by atoms with Gasteiger partial charge in [0.2, 0.25) is 0 Å². The lowest BCUT2D eigenvalue weighted by molar-refractivity contribution is 0.417. The van der Waals surface area contributed by atoms with E-state index in [2.05, 4.69) is 11.1 Å². The number of fused-ring (bicyclic) bond motifs is 1. The van der Waals surface area contributed by atoms with Crippen LogP contribution in [0.2, 0.25) is 0 Å². The van der Waals surface area contributed by atoms with Crippen molar-refractivity contribution in [3.05, 3.63) is 60.3 Å². The van der Waals surface area contributed by atoms with Crippen LogP contribution >= 0.6 is 0 Å². The van der Waals surface area contributed by atoms with Gasteiger partial charge in [-0.15, -0.1) is 0 Å². The van der Waals surface area contributed by atoms with Gasteiger partial charge in [-0.25, -0.2) is 0 Å². The SMILES string of the molecule is COc1ccc2ncccc2c1-c1ccc(C#N)cc1. The van der Waals surface area contributed by atoms with Crippen molar-refractivity contribution in [2.75, 3.05) is 7.11 Å². The van der Waals surface area contributed by atoms with Gasteiger partial charge in [-0.1, -0.05) is 18.2 Å². The second kappa shape index (κ2) is 5.02. The summed E-state index contributed by atoms with van der Waals surface area (Å²) in [6, 6.07) is 17.4. The highest BCUT2D eigenvalue weighted by molar-refractivity contribution is 5.97. The second-order valence-electron chi connectivity index (χ2n) is 4.40. The average molecular weight is 260 g/mol. The first-order valence-corrected chi connectivity index (χ1v) is 6.26. The highest BCUT2D eigenvalue weighted by atomic mass is 16.5. The Balaban J connectivity index is 2.29. The van der Waals surface area contributed by atoms with Gasteiger partial charge >= 0.3 is 0 Å². The van der Waals surface area contributed by atoms with E-state index < -0.39 is 0 Å². The Labute approximate surface area is 117 Å². The molecule has 0 spiro atoms. The third-order valence-electron chi connectivity index (χ3n) is 3.27. The third kappa shape index (κ3) is 1.98. The summed E-state index contributed by atoms with van der Waals surface area (Å²) < 4.78 is 5.47. The van der Waals surface area contributed by atoms with E-state index in [0.717, 1.165) is 27.8 Å². The minimum absolute atomic E-state index is 0.645. The molecule has 0 aliphatic rings. The van der Waals surface area contributed by atoms with Crippen molar-refractivity contribution >= 4 is 10.9 Å². The molecule has 0 aliphatic carbocycles. The summed E-state index contributed by atoms with van der Waals surface area (Å²) >= 11 is 0. The van der Waals surface area contributed by atoms with Crippen molar-refractivity contribution in [3.63, 3.8) is 0 Å². The van der Waals surface area contributed by atoms with Gasteiger partial charge in [0.05, 0.1) is 24.3 Å². The van der Waals surface area contributed by atoms with Gasteiger partial charge in [0.25, 0.3) is 0 Å². The zero-order chi connectivity index (χ0) is 13.9. The number of nitrogens with zero attached hydrogens (tertiary/aromatic N) is 2. The largest absolute Gasteiger partial charge is 0.496 e. The van der Waals surface area contributed by atoms with Crippen molar-refractivity contribution in [1.82, 2.24) is 4.98 Å². The van der Waals surface area contributed by atoms with Crippen LogP contribution in [0.15, 0.2) is 54.7 Å². The Morgan fingerprint density at radius 1 is 1.05 bits per heavy atom. The van der Waals surface area contributed by atoms with Crippen LogP contribution in [0, 0.1) is 11.3 Å². The van der Waals surface area contributed by atoms with Crippen LogP contribution in [-0.2, 0) is 0 Å². The molecule has 3 aromatic rings. The maximum atomic E-state index is 8.89. The molecule has 0 aliphatic heterocycles. The number of benzene rings is 2. The first-order chi connectivity index (χ1) is 9.83. The van der Waals surface area contributed by atoms with Crippen molar-refractivity contribution in [3.8, 4) is 22.9 Å². The van der Waals surface area contributed by atoms with E-state index in [1.54, 1.807) is 13.3 Å². The summed E-state index contributed by atoms with van der Waals surface area (Å²) in [5.41, 5.74) is 3.58. The molecule has 3 rings (SSSR count). The minimum atomic E-state index is 0.645. The van der Waals surface area contributed by atoms with E-state index in [4.69, 9.17) is 10.00 Å². The summed E-state index contributed by atoms with van der Waals surface area (Å²) in [6.07, 6.45) is 1.78. The molecule has 0 unspecified atom stereocenters. The molecule has 1 aromatic heterocycles. The van der Waals surface area contributed by atoms with Crippen LogP contribution in [0.5, 0.6) is 5.75 Å². The Bertz CT molecular complexity index is 801. The number of pyridine rings is 1. The molecule has 2 aromatic carbocycles. The fraction of sp³-hybridized carbons (Fsp3) is 0.0588. The van der Waals surface area contributed by atoms with E-state index in [1.807, 2.05) is 48.5 Å². The predicted octanol–water partition coefficient (Wildman–Crippen LogP) is 3.78. The molecule has 0 atom stereocenters. The van der Waals surface area contributed by atoms with Gasteiger partial charge in [0.15, 0.2) is 0 Å². The summed E-state index contributed by atoms with van der Waals surface area (Å²) in [6.45, 7) is 0. The topological polar surface area (TPSA) is 45.9 Å². The van der Waals surface area contributed by atoms with Crippen LogP contribution < -0.4 is 4.74 Å². The maximum Gasteiger partial charge on any atom is 0.127 e. The highest BCUT2D eigenvalue weighted by Crippen LogP contribution is 2.36. The molecule has 0 amide bonds. The summed E-state index contributed by atoms with van der Waals surface area (Å²) in [7, 11) is 1.66. The quantitative estimate of drug-likeness (QED) is 0.704. The minimum Gasteiger partial charge on any atom is -0.496 e. The first kappa shape index (κ1) is 12.2. The molecule has 0 bridgehead atoms. The van der Waals surface area contributed by atoms with Crippen molar-refractivity contribution < 1.29 is 4.74 Å². The van der Waals surface area contributed by atoms with Crippen molar-refractivity contribution in [2.45, 2.75) is 0 Å². The van der Waals surface area contributed by atoms with Crippen molar-refractivity contribution in [2.24, 2.45) is 0 Å². The number of methoxy groups -OCH3 is 1. The number of rotatable bonds is 2. The van der Waals surface area contributed by atoms with Gasteiger partial charge in [-0.2, -0.15) is 5.26 Å². The Kier molecular flexibility index (Phi) is 3.06. The smallest absolute Gasteiger partial charge is 0.127 e. The summed E-state index contributed by atoms with van der Waals surface area (Å²) in [5, 5.41) is 9.93. The average Bonchev–Trinajstić information content (AvgIpc) is 2.54. The molecule has 3 heteroatoms. The van der Waals surface area contributed by atoms with Gasteiger partial charge in [0, 0.05) is 17.1 Å². The summed E-state index contributed by atoms with van der Waals surface area (Å²) in [5.74, 6) is 0.801. The molecular formula is C17H12N2O. The Hall–Kier alpha value is -2.86. The van der Waals surface area contributed by atoms with E-state index >= 15 is 0 Å². The van der Waals surface area contributed by atoms with Gasteiger partial charge in [0.1, 0.15) is 5.75 Å². The van der Waals surface area contributed by atoms with Crippen LogP contribution in [-0.4, -0.2) is 12.1 Å². The Morgan fingerprint density at radius 3 is 2.55 bits per heavy atom. The lowest BCUT2D eigenvalue weighted by atomic mass is 9.98. The molecule has 0 radical (unpaired) electrons. The predicted molar refractivity (Wildman–Crippen MR) is 78.4 cm³/mol. The van der Waals surface area contributed by atoms with Crippen LogP contribution in [0.1, 0.15) is 5.56 Å². The maximum absolute atomic E-state index is 8.89. The number of aromatic nitrogens is 1. The molecule has 0 N–H and O–H groups in total. The van der Waals surface area contributed by atoms with Gasteiger partial charge < -0.3 is 4.74 Å². The molecule has 20 heavy (non-hydrogen) atoms. The molecule has 0 saturated carbocycles. The standard InChI is InChI=1S/C17H12N2O/c1-20-16-9-8-15-14(3-2-10-19-15)17(16)13-6-4-12(11-18)5-7-13/h2-10H,1H3.